The number of benzene rings is 3. The van der Waals surface area contributed by atoms with Crippen molar-refractivity contribution in [1.29, 1.82) is 0 Å². The number of alkyl halides is 3. The van der Waals surface area contributed by atoms with E-state index < -0.39 is 23.2 Å². The molecule has 0 aliphatic heterocycles. The van der Waals surface area contributed by atoms with Gasteiger partial charge in [0.25, 0.3) is 5.56 Å². The normalized spacial score (nSPS) is 12.0. The van der Waals surface area contributed by atoms with Gasteiger partial charge in [0.2, 0.25) is 5.88 Å². The molecule has 162 valence electrons. The van der Waals surface area contributed by atoms with Crippen LogP contribution in [0.1, 0.15) is 11.1 Å². The van der Waals surface area contributed by atoms with Crippen LogP contribution < -0.4 is 5.56 Å². The van der Waals surface area contributed by atoms with Crippen molar-refractivity contribution in [2.45, 2.75) is 6.18 Å². The Labute approximate surface area is 189 Å². The topological polar surface area (TPSA) is 54.6 Å². The number of fused-ring (bicyclic) bond motifs is 1. The van der Waals surface area contributed by atoms with Gasteiger partial charge in [-0.05, 0) is 42.5 Å². The molecule has 0 bridgehead atoms. The molecule has 4 aromatic rings. The van der Waals surface area contributed by atoms with Crippen molar-refractivity contribution in [3.8, 4) is 11.6 Å². The fraction of sp³-hybridized carbons (Fsp3) is 0.0435. The summed E-state index contributed by atoms with van der Waals surface area (Å²) in [5, 5.41) is 12.2. The van der Waals surface area contributed by atoms with Crippen LogP contribution in [0.5, 0.6) is 5.88 Å². The molecule has 4 nitrogen and oxygen atoms in total. The van der Waals surface area contributed by atoms with E-state index in [9.17, 15) is 23.1 Å². The molecule has 0 amide bonds. The third-order valence-corrected chi connectivity index (χ3v) is 5.32. The second kappa shape index (κ2) is 8.33. The Balaban J connectivity index is 1.97. The Kier molecular flexibility index (Phi) is 5.71. The zero-order valence-electron chi connectivity index (χ0n) is 16.1. The number of aliphatic imine (C=N–C) groups is 1. The van der Waals surface area contributed by atoms with Gasteiger partial charge in [0, 0.05) is 22.0 Å². The third-order valence-electron chi connectivity index (χ3n) is 4.78. The minimum absolute atomic E-state index is 0.132. The number of aromatic hydroxyl groups is 1. The first kappa shape index (κ1) is 21.9. The SMILES string of the molecule is O=c1c2ccccc2c(C=Nc2ccc(Cl)cc2Cl)c(O)n1-c1cccc(C(F)(F)F)c1. The molecule has 0 radical (unpaired) electrons. The van der Waals surface area contributed by atoms with Crippen LogP contribution in [-0.4, -0.2) is 15.9 Å². The molecule has 4 rings (SSSR count). The van der Waals surface area contributed by atoms with Crippen LogP contribution in [0.2, 0.25) is 10.0 Å². The van der Waals surface area contributed by atoms with Gasteiger partial charge in [-0.3, -0.25) is 9.79 Å². The van der Waals surface area contributed by atoms with Crippen LogP contribution in [0.3, 0.4) is 0 Å². The Morgan fingerprint density at radius 3 is 2.34 bits per heavy atom. The summed E-state index contributed by atoms with van der Waals surface area (Å²) in [6, 6.07) is 15.2. The van der Waals surface area contributed by atoms with Crippen molar-refractivity contribution >= 4 is 45.9 Å². The lowest BCUT2D eigenvalue weighted by atomic mass is 10.1. The largest absolute Gasteiger partial charge is 0.494 e. The molecule has 0 atom stereocenters. The molecule has 0 aliphatic rings. The molecule has 1 aromatic heterocycles. The summed E-state index contributed by atoms with van der Waals surface area (Å²) >= 11 is 12.0. The van der Waals surface area contributed by atoms with Crippen LogP contribution in [0.25, 0.3) is 16.5 Å². The van der Waals surface area contributed by atoms with Crippen LogP contribution in [0.4, 0.5) is 18.9 Å². The fourth-order valence-electron chi connectivity index (χ4n) is 3.27. The standard InChI is InChI=1S/C23H13Cl2F3N2O2/c24-14-8-9-20(19(25)11-14)29-12-18-16-6-1-2-7-17(16)21(31)30(22(18)32)15-5-3-4-13(10-15)23(26,27)28/h1-12,32H. The number of nitrogens with zero attached hydrogens (tertiary/aromatic N) is 2. The number of pyridine rings is 1. The van der Waals surface area contributed by atoms with E-state index in [1.54, 1.807) is 30.3 Å². The molecular weight excluding hydrogens is 464 g/mol. The van der Waals surface area contributed by atoms with Crippen molar-refractivity contribution in [3.05, 3.63) is 98.3 Å². The molecule has 9 heteroatoms. The molecule has 0 saturated heterocycles. The van der Waals surface area contributed by atoms with E-state index >= 15 is 0 Å². The van der Waals surface area contributed by atoms with Gasteiger partial charge in [0.1, 0.15) is 0 Å². The minimum atomic E-state index is -4.61. The molecule has 0 unspecified atom stereocenters. The highest BCUT2D eigenvalue weighted by Crippen LogP contribution is 2.33. The van der Waals surface area contributed by atoms with Crippen LogP contribution in [0.15, 0.2) is 76.5 Å². The average Bonchev–Trinajstić information content (AvgIpc) is 2.75. The monoisotopic (exact) mass is 476 g/mol. The molecule has 0 spiro atoms. The first-order valence-electron chi connectivity index (χ1n) is 9.20. The molecule has 0 saturated carbocycles. The van der Waals surface area contributed by atoms with Gasteiger partial charge in [0.15, 0.2) is 0 Å². The lowest BCUT2D eigenvalue weighted by Gasteiger charge is -2.15. The summed E-state index contributed by atoms with van der Waals surface area (Å²) in [7, 11) is 0. The summed E-state index contributed by atoms with van der Waals surface area (Å²) in [5.74, 6) is -0.554. The van der Waals surface area contributed by atoms with Gasteiger partial charge >= 0.3 is 6.18 Å². The van der Waals surface area contributed by atoms with E-state index in [2.05, 4.69) is 4.99 Å². The van der Waals surface area contributed by atoms with Crippen molar-refractivity contribution in [3.63, 3.8) is 0 Å². The van der Waals surface area contributed by atoms with Gasteiger partial charge in [-0.25, -0.2) is 4.57 Å². The zero-order valence-corrected chi connectivity index (χ0v) is 17.6. The molecule has 0 aliphatic carbocycles. The first-order chi connectivity index (χ1) is 15.2. The lowest BCUT2D eigenvalue weighted by molar-refractivity contribution is -0.137. The third kappa shape index (κ3) is 4.09. The van der Waals surface area contributed by atoms with Crippen molar-refractivity contribution < 1.29 is 18.3 Å². The Hall–Kier alpha value is -3.29. The number of hydrogen-bond acceptors (Lipinski definition) is 3. The highest BCUT2D eigenvalue weighted by atomic mass is 35.5. The van der Waals surface area contributed by atoms with Crippen molar-refractivity contribution in [1.82, 2.24) is 4.57 Å². The summed E-state index contributed by atoms with van der Waals surface area (Å²) in [5.41, 5.74) is -1.25. The van der Waals surface area contributed by atoms with E-state index in [4.69, 9.17) is 23.2 Å². The number of hydrogen-bond donors (Lipinski definition) is 1. The van der Waals surface area contributed by atoms with Gasteiger partial charge in [-0.2, -0.15) is 13.2 Å². The Morgan fingerprint density at radius 1 is 0.938 bits per heavy atom. The van der Waals surface area contributed by atoms with Gasteiger partial charge in [-0.15, -0.1) is 0 Å². The molecule has 0 fully saturated rings. The quantitative estimate of drug-likeness (QED) is 0.331. The fourth-order valence-corrected chi connectivity index (χ4v) is 3.73. The van der Waals surface area contributed by atoms with Crippen LogP contribution in [-0.2, 0) is 6.18 Å². The highest BCUT2D eigenvalue weighted by Gasteiger charge is 2.31. The average molecular weight is 477 g/mol. The minimum Gasteiger partial charge on any atom is -0.494 e. The number of rotatable bonds is 3. The van der Waals surface area contributed by atoms with Gasteiger partial charge in [-0.1, -0.05) is 47.5 Å². The first-order valence-corrected chi connectivity index (χ1v) is 9.96. The Bertz CT molecular complexity index is 1430. The summed E-state index contributed by atoms with van der Waals surface area (Å²) < 4.78 is 40.4. The molecular formula is C23H13Cl2F3N2O2. The maximum absolute atomic E-state index is 13.2. The summed E-state index contributed by atoms with van der Waals surface area (Å²) in [6.45, 7) is 0. The van der Waals surface area contributed by atoms with Crippen molar-refractivity contribution in [2.75, 3.05) is 0 Å². The molecule has 1 heterocycles. The summed E-state index contributed by atoms with van der Waals surface area (Å²) in [4.78, 5) is 17.3. The second-order valence-corrected chi connectivity index (χ2v) is 7.67. The number of aromatic nitrogens is 1. The van der Waals surface area contributed by atoms with E-state index in [-0.39, 0.29) is 21.7 Å². The zero-order chi connectivity index (χ0) is 23.0. The van der Waals surface area contributed by atoms with Gasteiger partial charge < -0.3 is 5.11 Å². The van der Waals surface area contributed by atoms with Crippen molar-refractivity contribution in [2.24, 2.45) is 4.99 Å². The van der Waals surface area contributed by atoms with E-state index in [1.165, 1.54) is 30.5 Å². The van der Waals surface area contributed by atoms with Crippen LogP contribution >= 0.6 is 23.2 Å². The smallest absolute Gasteiger partial charge is 0.416 e. The molecule has 32 heavy (non-hydrogen) atoms. The molecule has 1 N–H and O–H groups in total. The lowest BCUT2D eigenvalue weighted by Crippen LogP contribution is -2.20. The Morgan fingerprint density at radius 2 is 1.66 bits per heavy atom. The molecule has 3 aromatic carbocycles. The predicted molar refractivity (Wildman–Crippen MR) is 120 cm³/mol. The van der Waals surface area contributed by atoms with E-state index in [1.807, 2.05) is 0 Å². The maximum atomic E-state index is 13.2. The van der Waals surface area contributed by atoms with E-state index in [0.29, 0.717) is 16.1 Å². The highest BCUT2D eigenvalue weighted by molar-refractivity contribution is 6.36. The van der Waals surface area contributed by atoms with Crippen LogP contribution in [0, 0.1) is 0 Å². The van der Waals surface area contributed by atoms with E-state index in [0.717, 1.165) is 16.7 Å². The predicted octanol–water partition coefficient (Wildman–Crippen LogP) is 6.77. The second-order valence-electron chi connectivity index (χ2n) is 6.83. The van der Waals surface area contributed by atoms with Gasteiger partial charge in [0.05, 0.1) is 27.5 Å². The maximum Gasteiger partial charge on any atom is 0.416 e. The summed E-state index contributed by atoms with van der Waals surface area (Å²) in [6.07, 6.45) is -3.31. The number of halogens is 5.